The van der Waals surface area contributed by atoms with Crippen molar-refractivity contribution in [2.45, 2.75) is 38.6 Å². The number of nitrogens with two attached hydrogens (primary N) is 1. The van der Waals surface area contributed by atoms with Crippen molar-refractivity contribution in [3.8, 4) is 0 Å². The molecule has 4 nitrogen and oxygen atoms in total. The fraction of sp³-hybridized carbons (Fsp3) is 0.583. The molecule has 1 heterocycles. The maximum absolute atomic E-state index is 5.56. The van der Waals surface area contributed by atoms with Gasteiger partial charge in [-0.05, 0) is 24.8 Å². The number of aromatic nitrogens is 2. The Morgan fingerprint density at radius 1 is 1.47 bits per heavy atom. The van der Waals surface area contributed by atoms with Gasteiger partial charge in [-0.15, -0.1) is 0 Å². The second-order valence-electron chi connectivity index (χ2n) is 4.64. The topological polar surface area (TPSA) is 63.8 Å². The van der Waals surface area contributed by atoms with Crippen molar-refractivity contribution in [2.24, 2.45) is 11.7 Å². The molecule has 1 fully saturated rings. The molecule has 1 saturated carbocycles. The molecule has 1 aromatic heterocycles. The number of anilines is 1. The summed E-state index contributed by atoms with van der Waals surface area (Å²) in [6.45, 7) is 2.27. The number of nitrogens with zero attached hydrogens (tertiary/aromatic N) is 2. The lowest BCUT2D eigenvalue weighted by Gasteiger charge is -2.29. The summed E-state index contributed by atoms with van der Waals surface area (Å²) in [6, 6.07) is 2.20. The van der Waals surface area contributed by atoms with Gasteiger partial charge in [-0.3, -0.25) is 0 Å². The van der Waals surface area contributed by atoms with Gasteiger partial charge >= 0.3 is 0 Å². The van der Waals surface area contributed by atoms with Crippen LogP contribution in [-0.4, -0.2) is 21.0 Å². The standard InChI is InChI=1S/C12H18N4S/c1-8-4-2-3-5-9(8)15-12-14-7-6-10(16-12)11(13)17/h6-9H,2-5H2,1H3,(H2,13,17)(H,14,15,16). The third-order valence-corrected chi connectivity index (χ3v) is 3.54. The Hall–Kier alpha value is -1.23. The first-order valence-corrected chi connectivity index (χ1v) is 6.47. The van der Waals surface area contributed by atoms with Crippen LogP contribution in [0, 0.1) is 5.92 Å². The van der Waals surface area contributed by atoms with E-state index < -0.39 is 0 Å². The minimum absolute atomic E-state index is 0.312. The third kappa shape index (κ3) is 3.12. The van der Waals surface area contributed by atoms with E-state index in [4.69, 9.17) is 18.0 Å². The first-order chi connectivity index (χ1) is 8.16. The zero-order valence-electron chi connectivity index (χ0n) is 10.0. The van der Waals surface area contributed by atoms with Crippen molar-refractivity contribution in [2.75, 3.05) is 5.32 Å². The van der Waals surface area contributed by atoms with Crippen LogP contribution in [0.5, 0.6) is 0 Å². The van der Waals surface area contributed by atoms with E-state index in [-0.39, 0.29) is 0 Å². The molecule has 3 N–H and O–H groups in total. The molecule has 2 atom stereocenters. The van der Waals surface area contributed by atoms with Crippen LogP contribution < -0.4 is 11.1 Å². The highest BCUT2D eigenvalue weighted by Gasteiger charge is 2.21. The van der Waals surface area contributed by atoms with Gasteiger partial charge in [0, 0.05) is 12.2 Å². The van der Waals surface area contributed by atoms with Crippen molar-refractivity contribution in [1.29, 1.82) is 0 Å². The summed E-state index contributed by atoms with van der Waals surface area (Å²) in [4.78, 5) is 8.84. The van der Waals surface area contributed by atoms with Gasteiger partial charge in [0.2, 0.25) is 5.95 Å². The van der Waals surface area contributed by atoms with Gasteiger partial charge in [-0.25, -0.2) is 9.97 Å². The van der Waals surface area contributed by atoms with E-state index in [0.717, 1.165) is 0 Å². The van der Waals surface area contributed by atoms with Gasteiger partial charge < -0.3 is 11.1 Å². The number of hydrogen-bond donors (Lipinski definition) is 2. The Bertz CT molecular complexity index is 407. The van der Waals surface area contributed by atoms with E-state index in [1.807, 2.05) is 0 Å². The minimum atomic E-state index is 0.312. The summed E-state index contributed by atoms with van der Waals surface area (Å²) in [7, 11) is 0. The molecule has 5 heteroatoms. The largest absolute Gasteiger partial charge is 0.388 e. The first-order valence-electron chi connectivity index (χ1n) is 6.06. The van der Waals surface area contributed by atoms with Gasteiger partial charge in [0.05, 0.1) is 0 Å². The number of thiocarbonyl (C=S) groups is 1. The van der Waals surface area contributed by atoms with Gasteiger partial charge in [-0.1, -0.05) is 32.0 Å². The highest BCUT2D eigenvalue weighted by Crippen LogP contribution is 2.25. The molecule has 0 radical (unpaired) electrons. The van der Waals surface area contributed by atoms with Crippen LogP contribution in [0.1, 0.15) is 38.3 Å². The lowest BCUT2D eigenvalue weighted by molar-refractivity contribution is 0.348. The summed E-state index contributed by atoms with van der Waals surface area (Å²) in [5.74, 6) is 1.30. The van der Waals surface area contributed by atoms with Crippen LogP contribution in [0.2, 0.25) is 0 Å². The molecule has 17 heavy (non-hydrogen) atoms. The molecule has 0 aliphatic heterocycles. The fourth-order valence-corrected chi connectivity index (χ4v) is 2.38. The summed E-state index contributed by atoms with van der Waals surface area (Å²) in [5, 5.41) is 3.39. The third-order valence-electron chi connectivity index (χ3n) is 3.33. The molecule has 1 aliphatic carbocycles. The van der Waals surface area contributed by atoms with Crippen LogP contribution >= 0.6 is 12.2 Å². The lowest BCUT2D eigenvalue weighted by Crippen LogP contribution is -2.31. The predicted molar refractivity (Wildman–Crippen MR) is 73.0 cm³/mol. The molecule has 0 bridgehead atoms. The molecule has 0 saturated heterocycles. The smallest absolute Gasteiger partial charge is 0.223 e. The molecule has 1 aromatic rings. The second-order valence-corrected chi connectivity index (χ2v) is 5.08. The zero-order valence-corrected chi connectivity index (χ0v) is 10.8. The van der Waals surface area contributed by atoms with Crippen LogP contribution in [0.25, 0.3) is 0 Å². The van der Waals surface area contributed by atoms with E-state index in [1.54, 1.807) is 12.3 Å². The molecule has 2 rings (SSSR count). The highest BCUT2D eigenvalue weighted by molar-refractivity contribution is 7.80. The van der Waals surface area contributed by atoms with E-state index in [2.05, 4.69) is 22.2 Å². The van der Waals surface area contributed by atoms with Crippen molar-refractivity contribution in [3.05, 3.63) is 18.0 Å². The quantitative estimate of drug-likeness (QED) is 0.804. The lowest BCUT2D eigenvalue weighted by atomic mass is 9.86. The van der Waals surface area contributed by atoms with E-state index in [0.29, 0.717) is 28.6 Å². The monoisotopic (exact) mass is 250 g/mol. The molecule has 2 unspecified atom stereocenters. The van der Waals surface area contributed by atoms with Gasteiger partial charge in [0.15, 0.2) is 0 Å². The summed E-state index contributed by atoms with van der Waals surface area (Å²) >= 11 is 4.91. The number of nitrogens with one attached hydrogen (secondary N) is 1. The van der Waals surface area contributed by atoms with Gasteiger partial charge in [0.25, 0.3) is 0 Å². The molecule has 0 spiro atoms. The van der Waals surface area contributed by atoms with Crippen molar-refractivity contribution >= 4 is 23.2 Å². The predicted octanol–water partition coefficient (Wildman–Crippen LogP) is 2.10. The number of hydrogen-bond acceptors (Lipinski definition) is 4. The molecule has 0 amide bonds. The van der Waals surface area contributed by atoms with Crippen molar-refractivity contribution in [1.82, 2.24) is 9.97 Å². The maximum Gasteiger partial charge on any atom is 0.223 e. The summed E-state index contributed by atoms with van der Waals surface area (Å²) in [5.41, 5.74) is 6.18. The summed E-state index contributed by atoms with van der Waals surface area (Å²) < 4.78 is 0. The number of rotatable bonds is 3. The Morgan fingerprint density at radius 2 is 2.24 bits per heavy atom. The first kappa shape index (κ1) is 12.2. The van der Waals surface area contributed by atoms with E-state index in [9.17, 15) is 0 Å². The molecular weight excluding hydrogens is 232 g/mol. The molecular formula is C12H18N4S. The van der Waals surface area contributed by atoms with Crippen LogP contribution in [-0.2, 0) is 0 Å². The second kappa shape index (κ2) is 5.40. The molecule has 92 valence electrons. The average Bonchev–Trinajstić information content (AvgIpc) is 2.32. The van der Waals surface area contributed by atoms with Crippen LogP contribution in [0.3, 0.4) is 0 Å². The van der Waals surface area contributed by atoms with Crippen LogP contribution in [0.15, 0.2) is 12.3 Å². The van der Waals surface area contributed by atoms with Crippen LogP contribution in [0.4, 0.5) is 5.95 Å². The Labute approximate surface area is 107 Å². The Morgan fingerprint density at radius 3 is 2.94 bits per heavy atom. The fourth-order valence-electron chi connectivity index (χ4n) is 2.26. The van der Waals surface area contributed by atoms with Gasteiger partial charge in [0.1, 0.15) is 10.7 Å². The SMILES string of the molecule is CC1CCCCC1Nc1nccc(C(N)=S)n1. The van der Waals surface area contributed by atoms with Crippen molar-refractivity contribution in [3.63, 3.8) is 0 Å². The zero-order chi connectivity index (χ0) is 12.3. The van der Waals surface area contributed by atoms with Crippen molar-refractivity contribution < 1.29 is 0 Å². The van der Waals surface area contributed by atoms with E-state index in [1.165, 1.54) is 25.7 Å². The highest BCUT2D eigenvalue weighted by atomic mass is 32.1. The normalized spacial score (nSPS) is 24.3. The Kier molecular flexibility index (Phi) is 3.89. The maximum atomic E-state index is 5.56. The van der Waals surface area contributed by atoms with Gasteiger partial charge in [-0.2, -0.15) is 0 Å². The Balaban J connectivity index is 2.07. The average molecular weight is 250 g/mol. The molecule has 0 aromatic carbocycles. The molecule has 1 aliphatic rings. The van der Waals surface area contributed by atoms with E-state index >= 15 is 0 Å². The minimum Gasteiger partial charge on any atom is -0.388 e. The summed E-state index contributed by atoms with van der Waals surface area (Å²) in [6.07, 6.45) is 6.75.